The molecular weight excluding hydrogens is 433 g/mol. The van der Waals surface area contributed by atoms with Crippen LogP contribution in [0.2, 0.25) is 0 Å². The van der Waals surface area contributed by atoms with E-state index in [4.69, 9.17) is 10.5 Å². The first-order valence-corrected chi connectivity index (χ1v) is 11.7. The number of anilines is 1. The highest BCUT2D eigenvalue weighted by molar-refractivity contribution is 7.89. The molecule has 8 nitrogen and oxygen atoms in total. The molecule has 0 unspecified atom stereocenters. The summed E-state index contributed by atoms with van der Waals surface area (Å²) >= 11 is 1.24. The predicted molar refractivity (Wildman–Crippen MR) is 109 cm³/mol. The lowest BCUT2D eigenvalue weighted by Gasteiger charge is -2.26. The number of nitrogens with two attached hydrogens (primary N) is 1. The number of sulfonamides is 1. The van der Waals surface area contributed by atoms with Gasteiger partial charge in [0.25, 0.3) is 11.8 Å². The Hall–Kier alpha value is -2.34. The Bertz CT molecular complexity index is 1120. The minimum absolute atomic E-state index is 0.181. The summed E-state index contributed by atoms with van der Waals surface area (Å²) in [6.07, 6.45) is 2.39. The first kappa shape index (κ1) is 20.9. The molecule has 30 heavy (non-hydrogen) atoms. The van der Waals surface area contributed by atoms with Crippen LogP contribution in [-0.4, -0.2) is 50.8 Å². The highest BCUT2D eigenvalue weighted by Crippen LogP contribution is 2.39. The molecule has 11 heteroatoms. The molecule has 4 rings (SSSR count). The quantitative estimate of drug-likeness (QED) is 0.715. The van der Waals surface area contributed by atoms with Crippen molar-refractivity contribution in [3.05, 3.63) is 45.6 Å². The van der Waals surface area contributed by atoms with Crippen LogP contribution < -0.4 is 11.1 Å². The normalized spacial score (nSPS) is 17.0. The van der Waals surface area contributed by atoms with E-state index in [2.05, 4.69) is 5.32 Å². The van der Waals surface area contributed by atoms with Crippen molar-refractivity contribution < 1.29 is 27.1 Å². The monoisotopic (exact) mass is 453 g/mol. The van der Waals surface area contributed by atoms with E-state index < -0.39 is 33.2 Å². The van der Waals surface area contributed by atoms with Crippen LogP contribution in [0.25, 0.3) is 0 Å². The van der Waals surface area contributed by atoms with E-state index in [0.29, 0.717) is 6.42 Å². The number of morpholine rings is 1. The summed E-state index contributed by atoms with van der Waals surface area (Å²) in [4.78, 5) is 25.5. The first-order valence-electron chi connectivity index (χ1n) is 9.42. The van der Waals surface area contributed by atoms with Gasteiger partial charge >= 0.3 is 0 Å². The van der Waals surface area contributed by atoms with Crippen molar-refractivity contribution in [1.82, 2.24) is 4.31 Å². The number of benzene rings is 1. The van der Waals surface area contributed by atoms with E-state index >= 15 is 0 Å². The summed E-state index contributed by atoms with van der Waals surface area (Å²) in [7, 11) is -3.89. The van der Waals surface area contributed by atoms with E-state index in [1.165, 1.54) is 15.6 Å². The minimum atomic E-state index is -3.89. The number of carbonyl (C=O) groups is 2. The molecule has 2 amide bonds. The highest BCUT2D eigenvalue weighted by Gasteiger charge is 2.29. The second kappa shape index (κ2) is 8.06. The lowest BCUT2D eigenvalue weighted by molar-refractivity contribution is 0.0730. The maximum absolute atomic E-state index is 14.4. The predicted octanol–water partition coefficient (Wildman–Crippen LogP) is 1.75. The average molecular weight is 454 g/mol. The Morgan fingerprint density at radius 3 is 2.63 bits per heavy atom. The Labute approximate surface area is 176 Å². The van der Waals surface area contributed by atoms with E-state index in [9.17, 15) is 22.4 Å². The standard InChI is InChI=1S/C19H20FN3O5S2/c20-14-5-4-11(30(26,27)23-6-8-28-9-7-23)10-13(14)18(25)22-19-16(17(21)24)12-2-1-3-15(12)29-19/h4-5,10H,1-3,6-9H2,(H2,21,24)(H,22,25). The van der Waals surface area contributed by atoms with Crippen LogP contribution >= 0.6 is 11.3 Å². The number of hydrogen-bond acceptors (Lipinski definition) is 6. The van der Waals surface area contributed by atoms with Gasteiger partial charge in [0.05, 0.1) is 29.2 Å². The fraction of sp³-hybridized carbons (Fsp3) is 0.368. The van der Waals surface area contributed by atoms with Gasteiger partial charge in [-0.2, -0.15) is 4.31 Å². The zero-order chi connectivity index (χ0) is 21.5. The van der Waals surface area contributed by atoms with Crippen LogP contribution in [0.3, 0.4) is 0 Å². The van der Waals surface area contributed by atoms with E-state index in [1.54, 1.807) is 0 Å². The Morgan fingerprint density at radius 2 is 1.93 bits per heavy atom. The van der Waals surface area contributed by atoms with Crippen LogP contribution in [0.15, 0.2) is 23.1 Å². The Morgan fingerprint density at radius 1 is 1.20 bits per heavy atom. The number of fused-ring (bicyclic) bond motifs is 1. The van der Waals surface area contributed by atoms with Crippen LogP contribution in [0.5, 0.6) is 0 Å². The van der Waals surface area contributed by atoms with Gasteiger partial charge in [-0.15, -0.1) is 11.3 Å². The molecule has 0 atom stereocenters. The lowest BCUT2D eigenvalue weighted by Crippen LogP contribution is -2.40. The highest BCUT2D eigenvalue weighted by atomic mass is 32.2. The van der Waals surface area contributed by atoms with Crippen molar-refractivity contribution >= 4 is 38.2 Å². The van der Waals surface area contributed by atoms with Gasteiger partial charge < -0.3 is 15.8 Å². The number of carbonyl (C=O) groups excluding carboxylic acids is 2. The van der Waals surface area contributed by atoms with Crippen LogP contribution in [0, 0.1) is 5.82 Å². The molecule has 2 aromatic rings. The van der Waals surface area contributed by atoms with E-state index in [-0.39, 0.29) is 41.8 Å². The van der Waals surface area contributed by atoms with Crippen LogP contribution in [0.1, 0.15) is 37.6 Å². The van der Waals surface area contributed by atoms with Crippen molar-refractivity contribution in [1.29, 1.82) is 0 Å². The van der Waals surface area contributed by atoms with E-state index in [1.807, 2.05) is 0 Å². The summed E-state index contributed by atoms with van der Waals surface area (Å²) in [6.45, 7) is 0.910. The fourth-order valence-electron chi connectivity index (χ4n) is 3.70. The molecule has 1 fully saturated rings. The molecule has 0 radical (unpaired) electrons. The van der Waals surface area contributed by atoms with Crippen molar-refractivity contribution in [2.75, 3.05) is 31.6 Å². The van der Waals surface area contributed by atoms with Crippen molar-refractivity contribution in [2.24, 2.45) is 5.73 Å². The van der Waals surface area contributed by atoms with Gasteiger partial charge in [-0.05, 0) is 43.0 Å². The fourth-order valence-corrected chi connectivity index (χ4v) is 6.42. The summed E-state index contributed by atoms with van der Waals surface area (Å²) in [5, 5.41) is 2.81. The number of nitrogens with zero attached hydrogens (tertiary/aromatic N) is 1. The number of primary amides is 1. The molecule has 2 aliphatic rings. The van der Waals surface area contributed by atoms with Gasteiger partial charge in [0.2, 0.25) is 10.0 Å². The topological polar surface area (TPSA) is 119 Å². The maximum Gasteiger partial charge on any atom is 0.259 e. The number of aryl methyl sites for hydroxylation is 1. The van der Waals surface area contributed by atoms with Gasteiger partial charge in [0.1, 0.15) is 10.8 Å². The zero-order valence-corrected chi connectivity index (χ0v) is 17.6. The third-order valence-corrected chi connectivity index (χ3v) is 8.29. The number of hydrogen-bond donors (Lipinski definition) is 2. The Balaban J connectivity index is 1.64. The first-order chi connectivity index (χ1) is 14.3. The molecule has 1 saturated heterocycles. The number of amides is 2. The molecular formula is C19H20FN3O5S2. The van der Waals surface area contributed by atoms with Gasteiger partial charge in [-0.25, -0.2) is 12.8 Å². The molecule has 0 bridgehead atoms. The molecule has 1 aliphatic carbocycles. The number of rotatable bonds is 5. The summed E-state index contributed by atoms with van der Waals surface area (Å²) in [6, 6.07) is 3.10. The van der Waals surface area contributed by atoms with Crippen molar-refractivity contribution in [2.45, 2.75) is 24.2 Å². The molecule has 1 aromatic carbocycles. The maximum atomic E-state index is 14.4. The SMILES string of the molecule is NC(=O)c1c(NC(=O)c2cc(S(=O)(=O)N3CCOCC3)ccc2F)sc2c1CCC2. The molecule has 3 N–H and O–H groups in total. The average Bonchev–Trinajstić information content (AvgIpc) is 3.29. The number of thiophene rings is 1. The number of nitrogens with one attached hydrogen (secondary N) is 1. The molecule has 1 aliphatic heterocycles. The second-order valence-electron chi connectivity index (χ2n) is 7.04. The number of ether oxygens (including phenoxy) is 1. The number of halogens is 1. The van der Waals surface area contributed by atoms with Gasteiger partial charge in [-0.1, -0.05) is 0 Å². The smallest absolute Gasteiger partial charge is 0.259 e. The third kappa shape index (κ3) is 3.73. The molecule has 0 saturated carbocycles. The van der Waals surface area contributed by atoms with Crippen molar-refractivity contribution in [3.8, 4) is 0 Å². The van der Waals surface area contributed by atoms with Crippen LogP contribution in [0.4, 0.5) is 9.39 Å². The lowest BCUT2D eigenvalue weighted by atomic mass is 10.1. The van der Waals surface area contributed by atoms with Gasteiger partial charge in [0.15, 0.2) is 0 Å². The zero-order valence-electron chi connectivity index (χ0n) is 15.9. The largest absolute Gasteiger partial charge is 0.379 e. The summed E-state index contributed by atoms with van der Waals surface area (Å²) in [5.41, 5.74) is 6.14. The third-order valence-electron chi connectivity index (χ3n) is 5.19. The van der Waals surface area contributed by atoms with E-state index in [0.717, 1.165) is 41.5 Å². The van der Waals surface area contributed by atoms with Crippen LogP contribution in [-0.2, 0) is 27.6 Å². The summed E-state index contributed by atoms with van der Waals surface area (Å²) < 4.78 is 46.5. The molecule has 2 heterocycles. The molecule has 1 aromatic heterocycles. The summed E-state index contributed by atoms with van der Waals surface area (Å²) in [5.74, 6) is -2.36. The van der Waals surface area contributed by atoms with Gasteiger partial charge in [0, 0.05) is 18.0 Å². The molecule has 0 spiro atoms. The molecule has 160 valence electrons. The second-order valence-corrected chi connectivity index (χ2v) is 10.1. The van der Waals surface area contributed by atoms with Gasteiger partial charge in [-0.3, -0.25) is 9.59 Å². The van der Waals surface area contributed by atoms with Crippen molar-refractivity contribution in [3.63, 3.8) is 0 Å². The Kier molecular flexibility index (Phi) is 5.62. The minimum Gasteiger partial charge on any atom is -0.379 e.